The lowest BCUT2D eigenvalue weighted by Gasteiger charge is -2.14. The Labute approximate surface area is 130 Å². The Hall–Kier alpha value is -1.40. The SMILES string of the molecule is CCc1cnc(C(C)Nc2nc(C)cn2CCCOC)s1. The van der Waals surface area contributed by atoms with E-state index in [1.165, 1.54) is 4.88 Å². The van der Waals surface area contributed by atoms with Crippen molar-refractivity contribution in [2.45, 2.75) is 46.2 Å². The Morgan fingerprint density at radius 3 is 2.95 bits per heavy atom. The fourth-order valence-electron chi connectivity index (χ4n) is 2.15. The van der Waals surface area contributed by atoms with Gasteiger partial charge < -0.3 is 14.6 Å². The molecule has 2 rings (SSSR count). The fraction of sp³-hybridized carbons (Fsp3) is 0.600. The molecule has 0 spiro atoms. The summed E-state index contributed by atoms with van der Waals surface area (Å²) in [4.78, 5) is 10.4. The average Bonchev–Trinajstić information content (AvgIpc) is 3.06. The van der Waals surface area contributed by atoms with Crippen LogP contribution in [-0.2, 0) is 17.7 Å². The van der Waals surface area contributed by atoms with Crippen LogP contribution in [-0.4, -0.2) is 28.3 Å². The second-order valence-electron chi connectivity index (χ2n) is 5.13. The number of methoxy groups -OCH3 is 1. The molecule has 2 aromatic rings. The fourth-order valence-corrected chi connectivity index (χ4v) is 3.01. The molecule has 116 valence electrons. The first-order chi connectivity index (χ1) is 10.1. The number of aryl methyl sites for hydroxylation is 3. The lowest BCUT2D eigenvalue weighted by molar-refractivity contribution is 0.190. The molecule has 1 N–H and O–H groups in total. The number of thiazole rings is 1. The van der Waals surface area contributed by atoms with Crippen molar-refractivity contribution >= 4 is 17.3 Å². The second kappa shape index (κ2) is 7.56. The monoisotopic (exact) mass is 308 g/mol. The minimum atomic E-state index is 0.165. The van der Waals surface area contributed by atoms with Gasteiger partial charge in [-0.3, -0.25) is 0 Å². The number of hydrogen-bond acceptors (Lipinski definition) is 5. The molecule has 0 aliphatic heterocycles. The first-order valence-electron chi connectivity index (χ1n) is 7.37. The molecule has 0 aliphatic rings. The molecule has 0 amide bonds. The molecule has 0 fully saturated rings. The van der Waals surface area contributed by atoms with Gasteiger partial charge >= 0.3 is 0 Å². The Balaban J connectivity index is 2.04. The van der Waals surface area contributed by atoms with Crippen molar-refractivity contribution in [3.63, 3.8) is 0 Å². The zero-order valence-electron chi connectivity index (χ0n) is 13.2. The average molecular weight is 308 g/mol. The number of hydrogen-bond donors (Lipinski definition) is 1. The summed E-state index contributed by atoms with van der Waals surface area (Å²) in [5.41, 5.74) is 1.02. The predicted molar refractivity (Wildman–Crippen MR) is 87.0 cm³/mol. The first-order valence-corrected chi connectivity index (χ1v) is 8.19. The van der Waals surface area contributed by atoms with Gasteiger partial charge in [0.05, 0.1) is 11.7 Å². The maximum absolute atomic E-state index is 5.11. The Bertz CT molecular complexity index is 564. The van der Waals surface area contributed by atoms with Crippen molar-refractivity contribution < 1.29 is 4.74 Å². The zero-order chi connectivity index (χ0) is 15.2. The van der Waals surface area contributed by atoms with Gasteiger partial charge in [-0.1, -0.05) is 6.92 Å². The van der Waals surface area contributed by atoms with E-state index in [1.807, 2.05) is 13.1 Å². The minimum absolute atomic E-state index is 0.165. The van der Waals surface area contributed by atoms with E-state index in [0.29, 0.717) is 0 Å². The third-order valence-corrected chi connectivity index (χ3v) is 4.60. The first kappa shape index (κ1) is 16.0. The van der Waals surface area contributed by atoms with Crippen LogP contribution in [0, 0.1) is 6.92 Å². The van der Waals surface area contributed by atoms with Crippen LogP contribution in [0.3, 0.4) is 0 Å². The lowest BCUT2D eigenvalue weighted by Crippen LogP contribution is -2.12. The van der Waals surface area contributed by atoms with Crippen LogP contribution in [0.25, 0.3) is 0 Å². The molecule has 1 atom stereocenters. The molecule has 0 bridgehead atoms. The van der Waals surface area contributed by atoms with Crippen LogP contribution in [0.4, 0.5) is 5.95 Å². The van der Waals surface area contributed by atoms with Crippen LogP contribution in [0.15, 0.2) is 12.4 Å². The molecule has 5 nitrogen and oxygen atoms in total. The van der Waals surface area contributed by atoms with E-state index in [0.717, 1.165) is 42.6 Å². The van der Waals surface area contributed by atoms with Crippen LogP contribution in [0.1, 0.15) is 41.9 Å². The zero-order valence-corrected chi connectivity index (χ0v) is 14.0. The van der Waals surface area contributed by atoms with E-state index < -0.39 is 0 Å². The van der Waals surface area contributed by atoms with Gasteiger partial charge in [-0.15, -0.1) is 11.3 Å². The van der Waals surface area contributed by atoms with Crippen LogP contribution >= 0.6 is 11.3 Å². The molecular weight excluding hydrogens is 284 g/mol. The van der Waals surface area contributed by atoms with Crippen molar-refractivity contribution in [3.05, 3.63) is 28.0 Å². The van der Waals surface area contributed by atoms with Gasteiger partial charge in [0.2, 0.25) is 5.95 Å². The topological polar surface area (TPSA) is 52.0 Å². The summed E-state index contributed by atoms with van der Waals surface area (Å²) in [6.45, 7) is 7.96. The number of nitrogens with one attached hydrogen (secondary N) is 1. The van der Waals surface area contributed by atoms with Crippen LogP contribution < -0.4 is 5.32 Å². The second-order valence-corrected chi connectivity index (χ2v) is 6.28. The van der Waals surface area contributed by atoms with Crippen molar-refractivity contribution in [1.29, 1.82) is 0 Å². The van der Waals surface area contributed by atoms with Gasteiger partial charge in [0, 0.05) is 37.5 Å². The maximum atomic E-state index is 5.11. The highest BCUT2D eigenvalue weighted by atomic mass is 32.1. The summed E-state index contributed by atoms with van der Waals surface area (Å²) in [7, 11) is 1.73. The van der Waals surface area contributed by atoms with E-state index in [4.69, 9.17) is 4.74 Å². The molecule has 2 aromatic heterocycles. The van der Waals surface area contributed by atoms with Crippen LogP contribution in [0.5, 0.6) is 0 Å². The van der Waals surface area contributed by atoms with Gasteiger partial charge in [-0.05, 0) is 26.7 Å². The standard InChI is InChI=1S/C15H24N4OS/c1-5-13-9-16-14(21-13)12(3)18-15-17-11(2)10-19(15)7-6-8-20-4/h9-10,12H,5-8H2,1-4H3,(H,17,18). The summed E-state index contributed by atoms with van der Waals surface area (Å²) in [6, 6.07) is 0.165. The molecule has 0 radical (unpaired) electrons. The summed E-state index contributed by atoms with van der Waals surface area (Å²) in [5.74, 6) is 0.907. The maximum Gasteiger partial charge on any atom is 0.203 e. The van der Waals surface area contributed by atoms with Gasteiger partial charge in [0.15, 0.2) is 0 Å². The molecule has 6 heteroatoms. The quantitative estimate of drug-likeness (QED) is 0.759. The molecule has 0 aliphatic carbocycles. The van der Waals surface area contributed by atoms with Crippen molar-refractivity contribution in [2.75, 3.05) is 19.0 Å². The lowest BCUT2D eigenvalue weighted by atomic mass is 10.3. The van der Waals surface area contributed by atoms with E-state index in [2.05, 4.69) is 39.9 Å². The summed E-state index contributed by atoms with van der Waals surface area (Å²) in [5, 5.41) is 4.58. The van der Waals surface area contributed by atoms with E-state index in [1.54, 1.807) is 18.4 Å². The molecule has 0 aromatic carbocycles. The van der Waals surface area contributed by atoms with Gasteiger partial charge in [-0.2, -0.15) is 0 Å². The van der Waals surface area contributed by atoms with Crippen molar-refractivity contribution in [2.24, 2.45) is 0 Å². The number of aromatic nitrogens is 3. The molecule has 2 heterocycles. The van der Waals surface area contributed by atoms with E-state index in [-0.39, 0.29) is 6.04 Å². The Morgan fingerprint density at radius 1 is 1.48 bits per heavy atom. The molecular formula is C15H24N4OS. The highest BCUT2D eigenvalue weighted by molar-refractivity contribution is 7.11. The molecule has 0 saturated carbocycles. The third-order valence-electron chi connectivity index (χ3n) is 3.28. The third kappa shape index (κ3) is 4.28. The highest BCUT2D eigenvalue weighted by Crippen LogP contribution is 2.24. The summed E-state index contributed by atoms with van der Waals surface area (Å²) < 4.78 is 7.27. The summed E-state index contributed by atoms with van der Waals surface area (Å²) >= 11 is 1.76. The van der Waals surface area contributed by atoms with Gasteiger partial charge in [-0.25, -0.2) is 9.97 Å². The van der Waals surface area contributed by atoms with Crippen LogP contribution in [0.2, 0.25) is 0 Å². The van der Waals surface area contributed by atoms with Crippen molar-refractivity contribution in [3.8, 4) is 0 Å². The minimum Gasteiger partial charge on any atom is -0.385 e. The number of ether oxygens (including phenoxy) is 1. The number of anilines is 1. The summed E-state index contributed by atoms with van der Waals surface area (Å²) in [6.07, 6.45) is 6.06. The number of nitrogens with zero attached hydrogens (tertiary/aromatic N) is 3. The van der Waals surface area contributed by atoms with Gasteiger partial charge in [0.25, 0.3) is 0 Å². The predicted octanol–water partition coefficient (Wildman–Crippen LogP) is 3.42. The van der Waals surface area contributed by atoms with E-state index in [9.17, 15) is 0 Å². The number of rotatable bonds is 8. The van der Waals surface area contributed by atoms with E-state index >= 15 is 0 Å². The Morgan fingerprint density at radius 2 is 2.29 bits per heavy atom. The number of imidazole rings is 1. The van der Waals surface area contributed by atoms with Crippen molar-refractivity contribution in [1.82, 2.24) is 14.5 Å². The molecule has 1 unspecified atom stereocenters. The highest BCUT2D eigenvalue weighted by Gasteiger charge is 2.13. The molecule has 0 saturated heterocycles. The Kier molecular flexibility index (Phi) is 5.76. The normalized spacial score (nSPS) is 12.6. The smallest absolute Gasteiger partial charge is 0.203 e. The van der Waals surface area contributed by atoms with Gasteiger partial charge in [0.1, 0.15) is 5.01 Å². The largest absolute Gasteiger partial charge is 0.385 e. The molecule has 21 heavy (non-hydrogen) atoms.